The molecule has 1 N–H and O–H groups in total. The number of benzene rings is 1. The first-order valence-electron chi connectivity index (χ1n) is 7.54. The van der Waals surface area contributed by atoms with Crippen LogP contribution in [-0.4, -0.2) is 19.8 Å². The zero-order chi connectivity index (χ0) is 14.1. The third-order valence-corrected chi connectivity index (χ3v) is 3.83. The van der Waals surface area contributed by atoms with Gasteiger partial charge in [-0.15, -0.1) is 0 Å². The Morgan fingerprint density at radius 1 is 1.16 bits per heavy atom. The maximum atomic E-state index is 5.19. The lowest BCUT2D eigenvalue weighted by molar-refractivity contribution is 0.202. The lowest BCUT2D eigenvalue weighted by Gasteiger charge is -2.23. The minimum absolute atomic E-state index is 0.568. The maximum Gasteiger partial charge on any atom is 0.0503 e. The number of rotatable bonds is 9. The van der Waals surface area contributed by atoms with Crippen molar-refractivity contribution >= 4 is 5.69 Å². The number of hydrogen-bond acceptors (Lipinski definition) is 2. The second kappa shape index (κ2) is 8.98. The summed E-state index contributed by atoms with van der Waals surface area (Å²) >= 11 is 0. The van der Waals surface area contributed by atoms with Gasteiger partial charge in [0, 0.05) is 18.8 Å². The topological polar surface area (TPSA) is 21.3 Å². The molecule has 0 heterocycles. The molecular formula is C17H29NO. The summed E-state index contributed by atoms with van der Waals surface area (Å²) < 4.78 is 5.19. The SMILES string of the molecule is CCC(C)CC(CC)Nc1ccccc1CCOC. The summed E-state index contributed by atoms with van der Waals surface area (Å²) in [7, 11) is 1.76. The minimum Gasteiger partial charge on any atom is -0.384 e. The van der Waals surface area contributed by atoms with Crippen LogP contribution in [0.3, 0.4) is 0 Å². The summed E-state index contributed by atoms with van der Waals surface area (Å²) in [6.07, 6.45) is 4.64. The highest BCUT2D eigenvalue weighted by Crippen LogP contribution is 2.21. The molecule has 0 aliphatic heterocycles. The number of anilines is 1. The summed E-state index contributed by atoms with van der Waals surface area (Å²) in [6, 6.07) is 9.15. The van der Waals surface area contributed by atoms with Crippen molar-refractivity contribution in [2.24, 2.45) is 5.92 Å². The Kier molecular flexibility index (Phi) is 7.57. The van der Waals surface area contributed by atoms with Crippen molar-refractivity contribution in [2.45, 2.75) is 52.5 Å². The number of methoxy groups -OCH3 is 1. The smallest absolute Gasteiger partial charge is 0.0503 e. The first-order valence-corrected chi connectivity index (χ1v) is 7.54. The highest BCUT2D eigenvalue weighted by atomic mass is 16.5. The van der Waals surface area contributed by atoms with E-state index in [1.807, 2.05) is 0 Å². The van der Waals surface area contributed by atoms with Crippen LogP contribution in [0.15, 0.2) is 24.3 Å². The fourth-order valence-electron chi connectivity index (χ4n) is 2.29. The van der Waals surface area contributed by atoms with Gasteiger partial charge in [0.2, 0.25) is 0 Å². The maximum absolute atomic E-state index is 5.19. The standard InChI is InChI=1S/C17H29NO/c1-5-14(3)13-16(6-2)18-17-10-8-7-9-15(17)11-12-19-4/h7-10,14,16,18H,5-6,11-13H2,1-4H3. The van der Waals surface area contributed by atoms with Crippen molar-refractivity contribution in [2.75, 3.05) is 19.0 Å². The normalized spacial score (nSPS) is 14.1. The van der Waals surface area contributed by atoms with E-state index in [2.05, 4.69) is 50.4 Å². The van der Waals surface area contributed by atoms with E-state index in [-0.39, 0.29) is 0 Å². The first-order chi connectivity index (χ1) is 9.21. The van der Waals surface area contributed by atoms with Crippen LogP contribution in [-0.2, 0) is 11.2 Å². The second-order valence-corrected chi connectivity index (χ2v) is 5.40. The van der Waals surface area contributed by atoms with Gasteiger partial charge >= 0.3 is 0 Å². The summed E-state index contributed by atoms with van der Waals surface area (Å²) in [5.74, 6) is 0.781. The summed E-state index contributed by atoms with van der Waals surface area (Å²) in [4.78, 5) is 0. The quantitative estimate of drug-likeness (QED) is 0.708. The molecule has 0 saturated heterocycles. The highest BCUT2D eigenvalue weighted by molar-refractivity contribution is 5.51. The van der Waals surface area contributed by atoms with Crippen molar-refractivity contribution in [3.63, 3.8) is 0 Å². The third kappa shape index (κ3) is 5.65. The van der Waals surface area contributed by atoms with Gasteiger partial charge in [-0.2, -0.15) is 0 Å². The monoisotopic (exact) mass is 263 g/mol. The summed E-state index contributed by atoms with van der Waals surface area (Å²) in [5, 5.41) is 3.72. The van der Waals surface area contributed by atoms with E-state index in [1.54, 1.807) is 7.11 Å². The van der Waals surface area contributed by atoms with Gasteiger partial charge in [0.15, 0.2) is 0 Å². The Morgan fingerprint density at radius 2 is 1.89 bits per heavy atom. The molecule has 0 fully saturated rings. The van der Waals surface area contributed by atoms with Gasteiger partial charge in [-0.05, 0) is 36.8 Å². The molecule has 108 valence electrons. The van der Waals surface area contributed by atoms with Crippen molar-refractivity contribution in [3.8, 4) is 0 Å². The van der Waals surface area contributed by atoms with Crippen LogP contribution in [0.4, 0.5) is 5.69 Å². The van der Waals surface area contributed by atoms with Crippen molar-refractivity contribution in [1.29, 1.82) is 0 Å². The number of para-hydroxylation sites is 1. The van der Waals surface area contributed by atoms with Gasteiger partial charge in [0.05, 0.1) is 6.61 Å². The predicted octanol–water partition coefficient (Wildman–Crippen LogP) is 4.50. The predicted molar refractivity (Wildman–Crippen MR) is 83.8 cm³/mol. The zero-order valence-electron chi connectivity index (χ0n) is 12.9. The molecule has 0 aliphatic rings. The molecule has 1 aromatic carbocycles. The molecule has 0 saturated carbocycles. The Morgan fingerprint density at radius 3 is 2.53 bits per heavy atom. The van der Waals surface area contributed by atoms with E-state index >= 15 is 0 Å². The third-order valence-electron chi connectivity index (χ3n) is 3.83. The Hall–Kier alpha value is -1.02. The lowest BCUT2D eigenvalue weighted by Crippen LogP contribution is -2.22. The molecular weight excluding hydrogens is 234 g/mol. The Labute approximate surface area is 118 Å². The highest BCUT2D eigenvalue weighted by Gasteiger charge is 2.11. The fourth-order valence-corrected chi connectivity index (χ4v) is 2.29. The van der Waals surface area contributed by atoms with Gasteiger partial charge in [-0.3, -0.25) is 0 Å². The van der Waals surface area contributed by atoms with Crippen LogP contribution < -0.4 is 5.32 Å². The van der Waals surface area contributed by atoms with Crippen LogP contribution in [0.25, 0.3) is 0 Å². The molecule has 2 atom stereocenters. The van der Waals surface area contributed by atoms with E-state index < -0.39 is 0 Å². The minimum atomic E-state index is 0.568. The number of nitrogens with one attached hydrogen (secondary N) is 1. The van der Waals surface area contributed by atoms with Gasteiger partial charge in [0.1, 0.15) is 0 Å². The van der Waals surface area contributed by atoms with Crippen molar-refractivity contribution < 1.29 is 4.74 Å². The van der Waals surface area contributed by atoms with Crippen LogP contribution in [0.1, 0.15) is 45.6 Å². The van der Waals surface area contributed by atoms with E-state index in [4.69, 9.17) is 4.74 Å². The van der Waals surface area contributed by atoms with E-state index in [1.165, 1.54) is 30.5 Å². The Bertz CT molecular complexity index is 351. The number of ether oxygens (including phenoxy) is 1. The van der Waals surface area contributed by atoms with Crippen LogP contribution in [0.5, 0.6) is 0 Å². The molecule has 2 unspecified atom stereocenters. The lowest BCUT2D eigenvalue weighted by atomic mass is 9.97. The van der Waals surface area contributed by atoms with Gasteiger partial charge < -0.3 is 10.1 Å². The van der Waals surface area contributed by atoms with E-state index in [0.717, 1.165) is 18.9 Å². The molecule has 0 amide bonds. The van der Waals surface area contributed by atoms with Gasteiger partial charge in [-0.25, -0.2) is 0 Å². The first kappa shape index (κ1) is 16.0. The average molecular weight is 263 g/mol. The fraction of sp³-hybridized carbons (Fsp3) is 0.647. The molecule has 0 aliphatic carbocycles. The molecule has 2 nitrogen and oxygen atoms in total. The molecule has 1 aromatic rings. The van der Waals surface area contributed by atoms with Crippen molar-refractivity contribution in [3.05, 3.63) is 29.8 Å². The second-order valence-electron chi connectivity index (χ2n) is 5.40. The van der Waals surface area contributed by atoms with Crippen LogP contribution >= 0.6 is 0 Å². The largest absolute Gasteiger partial charge is 0.384 e. The van der Waals surface area contributed by atoms with Gasteiger partial charge in [0.25, 0.3) is 0 Å². The van der Waals surface area contributed by atoms with E-state index in [9.17, 15) is 0 Å². The van der Waals surface area contributed by atoms with E-state index in [0.29, 0.717) is 6.04 Å². The average Bonchev–Trinajstić information content (AvgIpc) is 2.45. The molecule has 2 heteroatoms. The molecule has 0 aromatic heterocycles. The number of hydrogen-bond donors (Lipinski definition) is 1. The van der Waals surface area contributed by atoms with Crippen LogP contribution in [0, 0.1) is 5.92 Å². The van der Waals surface area contributed by atoms with Gasteiger partial charge in [-0.1, -0.05) is 45.4 Å². The van der Waals surface area contributed by atoms with Crippen LogP contribution in [0.2, 0.25) is 0 Å². The molecule has 0 radical (unpaired) electrons. The summed E-state index contributed by atoms with van der Waals surface area (Å²) in [6.45, 7) is 7.64. The molecule has 19 heavy (non-hydrogen) atoms. The molecule has 0 bridgehead atoms. The molecule has 0 spiro atoms. The van der Waals surface area contributed by atoms with Crippen molar-refractivity contribution in [1.82, 2.24) is 0 Å². The summed E-state index contributed by atoms with van der Waals surface area (Å²) in [5.41, 5.74) is 2.63. The Balaban J connectivity index is 2.67. The zero-order valence-corrected chi connectivity index (χ0v) is 12.9. The molecule has 1 rings (SSSR count).